The molecule has 29 heavy (non-hydrogen) atoms. The zero-order valence-electron chi connectivity index (χ0n) is 17.6. The van der Waals surface area contributed by atoms with Crippen LogP contribution in [-0.4, -0.2) is 55.9 Å². The second-order valence-corrected chi connectivity index (χ2v) is 8.13. The lowest BCUT2D eigenvalue weighted by atomic mass is 10.0. The molecule has 3 amide bonds. The van der Waals surface area contributed by atoms with Crippen molar-refractivity contribution in [3.05, 3.63) is 23.3 Å². The fraction of sp³-hybridized carbons (Fsp3) is 0.600. The first-order valence-corrected chi connectivity index (χ1v) is 10.0. The third kappa shape index (κ3) is 6.14. The highest BCUT2D eigenvalue weighted by atomic mass is 35.5. The smallest absolute Gasteiger partial charge is 0.411 e. The van der Waals surface area contributed by atoms with E-state index in [9.17, 15) is 9.59 Å². The molecule has 8 nitrogen and oxygen atoms in total. The number of hydrogen-bond acceptors (Lipinski definition) is 5. The number of alkyl halides is 1. The van der Waals surface area contributed by atoms with Crippen LogP contribution in [0.2, 0.25) is 0 Å². The van der Waals surface area contributed by atoms with E-state index >= 15 is 0 Å². The van der Waals surface area contributed by atoms with Gasteiger partial charge in [-0.2, -0.15) is 0 Å². The van der Waals surface area contributed by atoms with Gasteiger partial charge in [-0.05, 0) is 50.5 Å². The lowest BCUT2D eigenvalue weighted by Gasteiger charge is -2.28. The highest BCUT2D eigenvalue weighted by Gasteiger charge is 2.37. The maximum absolute atomic E-state index is 12.7. The van der Waals surface area contributed by atoms with Gasteiger partial charge in [-0.15, -0.1) is 11.6 Å². The van der Waals surface area contributed by atoms with Crippen LogP contribution in [0.25, 0.3) is 0 Å². The molecule has 2 N–H and O–H groups in total. The summed E-state index contributed by atoms with van der Waals surface area (Å²) in [5.41, 5.74) is 1.72. The van der Waals surface area contributed by atoms with E-state index in [4.69, 9.17) is 25.8 Å². The SMILES string of the molecule is COCC1c2cc(NC(=O)NCCCCl)c(OC)cc2CN1C(=O)OC(C)(C)C. The lowest BCUT2D eigenvalue weighted by Crippen LogP contribution is -2.37. The maximum atomic E-state index is 12.7. The fourth-order valence-electron chi connectivity index (χ4n) is 3.10. The van der Waals surface area contributed by atoms with Crippen LogP contribution in [0.5, 0.6) is 5.75 Å². The van der Waals surface area contributed by atoms with Gasteiger partial charge in [0.1, 0.15) is 11.4 Å². The van der Waals surface area contributed by atoms with Crippen molar-refractivity contribution in [3.63, 3.8) is 0 Å². The first kappa shape index (κ1) is 23.1. The maximum Gasteiger partial charge on any atom is 0.411 e. The Kier molecular flexibility index (Phi) is 7.98. The van der Waals surface area contributed by atoms with E-state index in [0.717, 1.165) is 11.1 Å². The standard InChI is InChI=1S/C20H30ClN3O5/c1-20(2,3)29-19(26)24-11-13-9-17(28-5)15(10-14(13)16(24)12-27-4)23-18(25)22-8-6-7-21/h9-10,16H,6-8,11-12H2,1-5H3,(H2,22,23,25). The third-order valence-corrected chi connectivity index (χ3v) is 4.60. The van der Waals surface area contributed by atoms with Gasteiger partial charge in [0.15, 0.2) is 0 Å². The molecule has 0 bridgehead atoms. The average molecular weight is 428 g/mol. The molecule has 9 heteroatoms. The summed E-state index contributed by atoms with van der Waals surface area (Å²) >= 11 is 5.64. The largest absolute Gasteiger partial charge is 0.495 e. The Hall–Kier alpha value is -2.19. The number of methoxy groups -OCH3 is 2. The number of carbonyl (C=O) groups is 2. The summed E-state index contributed by atoms with van der Waals surface area (Å²) in [6.45, 7) is 6.63. The van der Waals surface area contributed by atoms with Crippen LogP contribution in [0.4, 0.5) is 15.3 Å². The van der Waals surface area contributed by atoms with E-state index < -0.39 is 11.7 Å². The van der Waals surface area contributed by atoms with Crippen molar-refractivity contribution in [2.75, 3.05) is 38.6 Å². The molecule has 0 saturated heterocycles. The third-order valence-electron chi connectivity index (χ3n) is 4.33. The molecule has 1 aromatic carbocycles. The molecule has 2 rings (SSSR count). The second-order valence-electron chi connectivity index (χ2n) is 7.75. The van der Waals surface area contributed by atoms with Gasteiger partial charge >= 0.3 is 12.1 Å². The molecule has 1 aromatic rings. The minimum atomic E-state index is -0.602. The molecule has 1 aliphatic rings. The minimum Gasteiger partial charge on any atom is -0.495 e. The Morgan fingerprint density at radius 2 is 2.00 bits per heavy atom. The molecule has 162 valence electrons. The lowest BCUT2D eigenvalue weighted by molar-refractivity contribution is 0.00782. The molecule has 0 radical (unpaired) electrons. The van der Waals surface area contributed by atoms with Crippen LogP contribution in [0.15, 0.2) is 12.1 Å². The molecule has 1 unspecified atom stereocenters. The molecule has 0 spiro atoms. The molecular weight excluding hydrogens is 398 g/mol. The first-order chi connectivity index (χ1) is 13.7. The summed E-state index contributed by atoms with van der Waals surface area (Å²) < 4.78 is 16.3. The summed E-state index contributed by atoms with van der Waals surface area (Å²) in [6.07, 6.45) is 0.264. The number of halogens is 1. The van der Waals surface area contributed by atoms with Gasteiger partial charge in [0.2, 0.25) is 0 Å². The zero-order chi connectivity index (χ0) is 21.6. The van der Waals surface area contributed by atoms with Gasteiger partial charge in [0.05, 0.1) is 32.0 Å². The van der Waals surface area contributed by atoms with Gasteiger partial charge < -0.3 is 24.8 Å². The van der Waals surface area contributed by atoms with Crippen molar-refractivity contribution in [2.45, 2.75) is 45.4 Å². The van der Waals surface area contributed by atoms with Crippen molar-refractivity contribution >= 4 is 29.4 Å². The molecule has 1 atom stereocenters. The molecule has 0 aliphatic carbocycles. The van der Waals surface area contributed by atoms with Crippen molar-refractivity contribution < 1.29 is 23.8 Å². The quantitative estimate of drug-likeness (QED) is 0.509. The zero-order valence-corrected chi connectivity index (χ0v) is 18.4. The molecule has 1 aliphatic heterocycles. The van der Waals surface area contributed by atoms with Crippen LogP contribution < -0.4 is 15.4 Å². The predicted molar refractivity (Wildman–Crippen MR) is 112 cm³/mol. The van der Waals surface area contributed by atoms with Crippen LogP contribution in [-0.2, 0) is 16.0 Å². The van der Waals surface area contributed by atoms with Crippen molar-refractivity contribution in [2.24, 2.45) is 0 Å². The molecule has 0 fully saturated rings. The van der Waals surface area contributed by atoms with Gasteiger partial charge in [-0.1, -0.05) is 0 Å². The molecule has 0 saturated carbocycles. The number of amides is 3. The molecule has 0 aromatic heterocycles. The number of nitrogens with one attached hydrogen (secondary N) is 2. The predicted octanol–water partition coefficient (Wildman–Crippen LogP) is 3.88. The Balaban J connectivity index is 2.27. The van der Waals surface area contributed by atoms with Crippen LogP contribution >= 0.6 is 11.6 Å². The number of fused-ring (bicyclic) bond motifs is 1. The normalized spacial score (nSPS) is 15.7. The van der Waals surface area contributed by atoms with Gasteiger partial charge in [0.25, 0.3) is 0 Å². The minimum absolute atomic E-state index is 0.305. The highest BCUT2D eigenvalue weighted by Crippen LogP contribution is 2.40. The number of anilines is 1. The van der Waals surface area contributed by atoms with Crippen molar-refractivity contribution in [1.82, 2.24) is 10.2 Å². The van der Waals surface area contributed by atoms with Gasteiger partial charge in [0, 0.05) is 19.5 Å². The molecule has 1 heterocycles. The van der Waals surface area contributed by atoms with E-state index in [1.165, 1.54) is 7.11 Å². The monoisotopic (exact) mass is 427 g/mol. The Morgan fingerprint density at radius 1 is 1.28 bits per heavy atom. The summed E-state index contributed by atoms with van der Waals surface area (Å²) in [5.74, 6) is 0.986. The van der Waals surface area contributed by atoms with E-state index in [1.807, 2.05) is 32.9 Å². The fourth-order valence-corrected chi connectivity index (χ4v) is 3.23. The summed E-state index contributed by atoms with van der Waals surface area (Å²) in [6, 6.07) is 2.98. The highest BCUT2D eigenvalue weighted by molar-refractivity contribution is 6.17. The molecular formula is C20H30ClN3O5. The van der Waals surface area contributed by atoms with Gasteiger partial charge in [-0.25, -0.2) is 9.59 Å². The van der Waals surface area contributed by atoms with Gasteiger partial charge in [-0.3, -0.25) is 4.90 Å². The summed E-state index contributed by atoms with van der Waals surface area (Å²) in [4.78, 5) is 26.5. The van der Waals surface area contributed by atoms with Crippen LogP contribution in [0.3, 0.4) is 0 Å². The Labute approximate surface area is 176 Å². The summed E-state index contributed by atoms with van der Waals surface area (Å²) in [7, 11) is 3.11. The van der Waals surface area contributed by atoms with E-state index in [-0.39, 0.29) is 12.1 Å². The number of carbonyl (C=O) groups excluding carboxylic acids is 2. The average Bonchev–Trinajstić information content (AvgIpc) is 2.98. The van der Waals surface area contributed by atoms with E-state index in [2.05, 4.69) is 10.6 Å². The Bertz CT molecular complexity index is 736. The number of ether oxygens (including phenoxy) is 3. The number of benzene rings is 1. The van der Waals surface area contributed by atoms with Crippen molar-refractivity contribution in [1.29, 1.82) is 0 Å². The van der Waals surface area contributed by atoms with Crippen LogP contribution in [0, 0.1) is 0 Å². The Morgan fingerprint density at radius 3 is 2.59 bits per heavy atom. The van der Waals surface area contributed by atoms with E-state index in [1.54, 1.807) is 12.0 Å². The number of rotatable bonds is 7. The number of nitrogens with zero attached hydrogens (tertiary/aromatic N) is 1. The second kappa shape index (κ2) is 10.0. The number of hydrogen-bond donors (Lipinski definition) is 2. The summed E-state index contributed by atoms with van der Waals surface area (Å²) in [5, 5.41) is 5.54. The van der Waals surface area contributed by atoms with Crippen molar-refractivity contribution in [3.8, 4) is 5.75 Å². The first-order valence-electron chi connectivity index (χ1n) is 9.50. The van der Waals surface area contributed by atoms with E-state index in [0.29, 0.717) is 43.4 Å². The van der Waals surface area contributed by atoms with Crippen LogP contribution in [0.1, 0.15) is 44.4 Å². The topological polar surface area (TPSA) is 89.1 Å². The number of urea groups is 1.